The highest BCUT2D eigenvalue weighted by molar-refractivity contribution is 7.14. The fourth-order valence-electron chi connectivity index (χ4n) is 4.74. The molecule has 0 bridgehead atoms. The average molecular weight is 523 g/mol. The van der Waals surface area contributed by atoms with Crippen LogP contribution in [-0.2, 0) is 4.79 Å². The molecule has 0 unspecified atom stereocenters. The number of hydrogen-bond donors (Lipinski definition) is 1. The predicted molar refractivity (Wildman–Crippen MR) is 144 cm³/mol. The number of hydrogen-bond acceptors (Lipinski definition) is 7. The van der Waals surface area contributed by atoms with Crippen LogP contribution >= 0.6 is 11.3 Å². The van der Waals surface area contributed by atoms with E-state index in [-0.39, 0.29) is 17.6 Å². The molecule has 3 heterocycles. The number of halogens is 1. The van der Waals surface area contributed by atoms with Gasteiger partial charge < -0.3 is 20.0 Å². The Hall–Kier alpha value is -3.50. The van der Waals surface area contributed by atoms with E-state index < -0.39 is 0 Å². The summed E-state index contributed by atoms with van der Waals surface area (Å²) in [6, 6.07) is 14.8. The Bertz CT molecular complexity index is 1250. The van der Waals surface area contributed by atoms with E-state index in [0.717, 1.165) is 11.3 Å². The molecule has 0 spiro atoms. The van der Waals surface area contributed by atoms with E-state index >= 15 is 0 Å². The minimum atomic E-state index is -0.230. The summed E-state index contributed by atoms with van der Waals surface area (Å²) in [5.74, 6) is -0.228. The lowest BCUT2D eigenvalue weighted by Crippen LogP contribution is -2.54. The predicted octanol–water partition coefficient (Wildman–Crippen LogP) is 3.44. The zero-order valence-corrected chi connectivity index (χ0v) is 21.7. The van der Waals surface area contributed by atoms with E-state index in [1.165, 1.54) is 17.4 Å². The van der Waals surface area contributed by atoms with E-state index in [1.807, 2.05) is 47.1 Å². The van der Waals surface area contributed by atoms with Crippen LogP contribution in [0.1, 0.15) is 16.1 Å². The van der Waals surface area contributed by atoms with Crippen LogP contribution < -0.4 is 10.2 Å². The molecule has 8 nitrogen and oxygen atoms in total. The third kappa shape index (κ3) is 6.08. The molecule has 2 amide bonds. The summed E-state index contributed by atoms with van der Waals surface area (Å²) >= 11 is 1.41. The van der Waals surface area contributed by atoms with Gasteiger partial charge in [-0.3, -0.25) is 14.5 Å². The number of thiazole rings is 1. The van der Waals surface area contributed by atoms with Crippen LogP contribution in [0.2, 0.25) is 0 Å². The minimum Gasteiger partial charge on any atom is -0.366 e. The smallest absolute Gasteiger partial charge is 0.273 e. The van der Waals surface area contributed by atoms with Crippen molar-refractivity contribution in [2.45, 2.75) is 6.92 Å². The molecule has 2 aromatic carbocycles. The Morgan fingerprint density at radius 2 is 1.68 bits per heavy atom. The maximum absolute atomic E-state index is 14.1. The molecular weight excluding hydrogens is 491 g/mol. The van der Waals surface area contributed by atoms with Crippen molar-refractivity contribution in [3.63, 3.8) is 0 Å². The maximum atomic E-state index is 14.1. The zero-order chi connectivity index (χ0) is 25.8. The number of benzene rings is 2. The van der Waals surface area contributed by atoms with E-state index in [9.17, 15) is 14.0 Å². The lowest BCUT2D eigenvalue weighted by molar-refractivity contribution is -0.133. The van der Waals surface area contributed by atoms with Crippen molar-refractivity contribution in [2.24, 2.45) is 0 Å². The first-order chi connectivity index (χ1) is 18.0. The number of aromatic nitrogens is 1. The third-order valence-corrected chi connectivity index (χ3v) is 7.59. The highest BCUT2D eigenvalue weighted by Gasteiger charge is 2.28. The molecule has 0 radical (unpaired) electrons. The molecule has 1 N–H and O–H groups in total. The summed E-state index contributed by atoms with van der Waals surface area (Å²) in [5.41, 5.74) is 3.13. The fraction of sp³-hybridized carbons (Fsp3) is 0.370. The Morgan fingerprint density at radius 3 is 2.41 bits per heavy atom. The van der Waals surface area contributed by atoms with Gasteiger partial charge in [0.1, 0.15) is 11.5 Å². The van der Waals surface area contributed by atoms with E-state index in [2.05, 4.69) is 15.2 Å². The Balaban J connectivity index is 1.07. The Kier molecular flexibility index (Phi) is 7.66. The molecular formula is C27H31FN6O2S. The summed E-state index contributed by atoms with van der Waals surface area (Å²) in [6.45, 7) is 7.16. The van der Waals surface area contributed by atoms with Crippen LogP contribution in [0.5, 0.6) is 0 Å². The van der Waals surface area contributed by atoms with E-state index in [0.29, 0.717) is 75.4 Å². The number of nitrogens with zero attached hydrogens (tertiary/aromatic N) is 5. The highest BCUT2D eigenvalue weighted by Crippen LogP contribution is 2.23. The van der Waals surface area contributed by atoms with Crippen molar-refractivity contribution in [3.8, 4) is 0 Å². The first-order valence-electron chi connectivity index (χ1n) is 12.5. The number of rotatable bonds is 6. The van der Waals surface area contributed by atoms with Gasteiger partial charge in [-0.15, -0.1) is 11.3 Å². The van der Waals surface area contributed by atoms with Gasteiger partial charge in [0.2, 0.25) is 5.91 Å². The number of anilines is 3. The molecule has 37 heavy (non-hydrogen) atoms. The summed E-state index contributed by atoms with van der Waals surface area (Å²) in [4.78, 5) is 38.1. The second-order valence-electron chi connectivity index (χ2n) is 9.42. The molecule has 10 heteroatoms. The molecule has 1 aromatic heterocycles. The second-order valence-corrected chi connectivity index (χ2v) is 10.3. The van der Waals surface area contributed by atoms with Crippen LogP contribution in [0, 0.1) is 12.7 Å². The fourth-order valence-corrected chi connectivity index (χ4v) is 5.45. The van der Waals surface area contributed by atoms with Crippen LogP contribution in [0.25, 0.3) is 0 Å². The van der Waals surface area contributed by atoms with Crippen LogP contribution in [-0.4, -0.2) is 90.4 Å². The van der Waals surface area contributed by atoms with Crippen molar-refractivity contribution in [1.29, 1.82) is 0 Å². The van der Waals surface area contributed by atoms with Gasteiger partial charge in [-0.1, -0.05) is 24.3 Å². The number of carbonyl (C=O) groups is 2. The molecule has 3 aromatic rings. The quantitative estimate of drug-likeness (QED) is 0.535. The molecule has 5 rings (SSSR count). The third-order valence-electron chi connectivity index (χ3n) is 6.84. The Labute approximate surface area is 220 Å². The maximum Gasteiger partial charge on any atom is 0.273 e. The topological polar surface area (TPSA) is 72.0 Å². The number of amides is 2. The molecule has 2 saturated heterocycles. The zero-order valence-electron chi connectivity index (χ0n) is 20.9. The molecule has 2 fully saturated rings. The average Bonchev–Trinajstić information content (AvgIpc) is 3.37. The number of aryl methyl sites for hydroxylation is 1. The van der Waals surface area contributed by atoms with Gasteiger partial charge in [0, 0.05) is 63.4 Å². The SMILES string of the molecule is Cc1cccc(Nc2nc(C(=O)N3CCN(CC(=O)N4CCN(c5ccccc5F)CC4)CC3)cs2)c1. The van der Waals surface area contributed by atoms with E-state index in [1.54, 1.807) is 22.4 Å². The van der Waals surface area contributed by atoms with Crippen LogP contribution in [0.3, 0.4) is 0 Å². The summed E-state index contributed by atoms with van der Waals surface area (Å²) < 4.78 is 14.1. The lowest BCUT2D eigenvalue weighted by Gasteiger charge is -2.38. The first-order valence-corrected chi connectivity index (χ1v) is 13.4. The van der Waals surface area contributed by atoms with Gasteiger partial charge in [-0.25, -0.2) is 9.37 Å². The molecule has 2 aliphatic heterocycles. The van der Waals surface area contributed by atoms with Gasteiger partial charge in [0.15, 0.2) is 5.13 Å². The van der Waals surface area contributed by atoms with Crippen LogP contribution in [0.15, 0.2) is 53.9 Å². The Morgan fingerprint density at radius 1 is 0.946 bits per heavy atom. The van der Waals surface area contributed by atoms with Crippen molar-refractivity contribution >= 4 is 39.7 Å². The minimum absolute atomic E-state index is 0.0798. The van der Waals surface area contributed by atoms with Crippen molar-refractivity contribution in [2.75, 3.05) is 69.1 Å². The molecule has 0 aliphatic carbocycles. The van der Waals surface area contributed by atoms with Gasteiger partial charge in [0.05, 0.1) is 12.2 Å². The monoisotopic (exact) mass is 522 g/mol. The molecule has 0 atom stereocenters. The van der Waals surface area contributed by atoms with Gasteiger partial charge in [0.25, 0.3) is 5.91 Å². The van der Waals surface area contributed by atoms with E-state index in [4.69, 9.17) is 0 Å². The largest absolute Gasteiger partial charge is 0.366 e. The number of carbonyl (C=O) groups excluding carboxylic acids is 2. The van der Waals surface area contributed by atoms with Gasteiger partial charge in [-0.2, -0.15) is 0 Å². The summed E-state index contributed by atoms with van der Waals surface area (Å²) in [7, 11) is 0. The van der Waals surface area contributed by atoms with Crippen molar-refractivity contribution < 1.29 is 14.0 Å². The van der Waals surface area contributed by atoms with Crippen LogP contribution in [0.4, 0.5) is 20.9 Å². The summed E-state index contributed by atoms with van der Waals surface area (Å²) in [6.07, 6.45) is 0. The van der Waals surface area contributed by atoms with Gasteiger partial charge >= 0.3 is 0 Å². The lowest BCUT2D eigenvalue weighted by atomic mass is 10.2. The molecule has 2 aliphatic rings. The van der Waals surface area contributed by atoms with Crippen molar-refractivity contribution in [3.05, 3.63) is 71.0 Å². The highest BCUT2D eigenvalue weighted by atomic mass is 32.1. The molecule has 0 saturated carbocycles. The number of para-hydroxylation sites is 1. The normalized spacial score (nSPS) is 16.6. The first kappa shape index (κ1) is 25.2. The number of nitrogens with one attached hydrogen (secondary N) is 1. The van der Waals surface area contributed by atoms with Gasteiger partial charge in [-0.05, 0) is 36.8 Å². The van der Waals surface area contributed by atoms with Crippen molar-refractivity contribution in [1.82, 2.24) is 19.7 Å². The standard InChI is InChI=1S/C27H31FN6O2S/c1-20-5-4-6-21(17-20)29-27-30-23(19-37-27)26(36)34-11-9-31(10-12-34)18-25(35)33-15-13-32(14-16-33)24-8-3-2-7-22(24)28/h2-8,17,19H,9-16,18H2,1H3,(H,29,30). The molecule has 194 valence electrons. The summed E-state index contributed by atoms with van der Waals surface area (Å²) in [5, 5.41) is 5.74. The number of piperazine rings is 2. The second kappa shape index (κ2) is 11.3.